The maximum absolute atomic E-state index is 5.89. The average molecular weight is 402 g/mol. The van der Waals surface area contributed by atoms with Gasteiger partial charge in [0.1, 0.15) is 24.5 Å². The summed E-state index contributed by atoms with van der Waals surface area (Å²) in [7, 11) is 4.04. The summed E-state index contributed by atoms with van der Waals surface area (Å²) in [5.41, 5.74) is 8.30. The fourth-order valence-electron chi connectivity index (χ4n) is 2.34. The van der Waals surface area contributed by atoms with Crippen LogP contribution in [0.15, 0.2) is 47.2 Å². The summed E-state index contributed by atoms with van der Waals surface area (Å²) in [5.74, 6) is 1.52. The Hall–Kier alpha value is -2.38. The van der Waals surface area contributed by atoms with E-state index in [0.717, 1.165) is 33.4 Å². The molecule has 3 aromatic rings. The van der Waals surface area contributed by atoms with Crippen LogP contribution < -0.4 is 15.8 Å². The minimum Gasteiger partial charge on any atom is -0.491 e. The summed E-state index contributed by atoms with van der Waals surface area (Å²) in [5, 5.41) is 4.20. The van der Waals surface area contributed by atoms with E-state index in [0.29, 0.717) is 18.1 Å². The summed E-state index contributed by atoms with van der Waals surface area (Å²) in [6.07, 6.45) is 1.54. The SMILES string of the molecule is CN(C)CCOc1ccc(Nc2ncnc3ccc(N)cc23)cc1Br. The van der Waals surface area contributed by atoms with Gasteiger partial charge in [0.15, 0.2) is 0 Å². The first kappa shape index (κ1) is 17.4. The third-order valence-corrected chi connectivity index (χ3v) is 4.27. The molecule has 0 atom stereocenters. The molecule has 0 radical (unpaired) electrons. The molecule has 0 bridgehead atoms. The fraction of sp³-hybridized carbons (Fsp3) is 0.222. The van der Waals surface area contributed by atoms with Crippen molar-refractivity contribution in [3.8, 4) is 5.75 Å². The minimum atomic E-state index is 0.633. The van der Waals surface area contributed by atoms with E-state index >= 15 is 0 Å². The third kappa shape index (κ3) is 4.37. The Morgan fingerprint density at radius 1 is 1.16 bits per heavy atom. The number of benzene rings is 2. The minimum absolute atomic E-state index is 0.633. The van der Waals surface area contributed by atoms with Crippen LogP contribution >= 0.6 is 15.9 Å². The number of aromatic nitrogens is 2. The van der Waals surface area contributed by atoms with E-state index in [-0.39, 0.29) is 0 Å². The van der Waals surface area contributed by atoms with Gasteiger partial charge >= 0.3 is 0 Å². The van der Waals surface area contributed by atoms with Gasteiger partial charge in [-0.05, 0) is 66.4 Å². The van der Waals surface area contributed by atoms with Crippen LogP contribution in [0.3, 0.4) is 0 Å². The number of nitrogen functional groups attached to an aromatic ring is 1. The molecule has 3 N–H and O–H groups in total. The molecule has 0 fully saturated rings. The highest BCUT2D eigenvalue weighted by atomic mass is 79.9. The molecule has 0 spiro atoms. The number of nitrogens with one attached hydrogen (secondary N) is 1. The van der Waals surface area contributed by atoms with Gasteiger partial charge in [0, 0.05) is 23.3 Å². The number of fused-ring (bicyclic) bond motifs is 1. The molecule has 0 aliphatic rings. The van der Waals surface area contributed by atoms with Crippen molar-refractivity contribution in [3.63, 3.8) is 0 Å². The van der Waals surface area contributed by atoms with E-state index in [2.05, 4.69) is 36.1 Å². The molecule has 0 aliphatic heterocycles. The molecule has 2 aromatic carbocycles. The number of anilines is 3. The summed E-state index contributed by atoms with van der Waals surface area (Å²) in [6, 6.07) is 11.4. The number of halogens is 1. The molecule has 130 valence electrons. The Balaban J connectivity index is 1.80. The molecule has 1 aromatic heterocycles. The zero-order valence-corrected chi connectivity index (χ0v) is 15.7. The van der Waals surface area contributed by atoms with Gasteiger partial charge in [-0.25, -0.2) is 9.97 Å². The Morgan fingerprint density at radius 3 is 2.76 bits per heavy atom. The zero-order chi connectivity index (χ0) is 17.8. The van der Waals surface area contributed by atoms with Crippen molar-refractivity contribution >= 4 is 44.0 Å². The van der Waals surface area contributed by atoms with E-state index in [1.165, 1.54) is 6.33 Å². The molecule has 25 heavy (non-hydrogen) atoms. The highest BCUT2D eigenvalue weighted by molar-refractivity contribution is 9.10. The second-order valence-electron chi connectivity index (χ2n) is 5.92. The summed E-state index contributed by atoms with van der Waals surface area (Å²) < 4.78 is 6.66. The zero-order valence-electron chi connectivity index (χ0n) is 14.2. The molecule has 6 nitrogen and oxygen atoms in total. The Kier molecular flexibility index (Phi) is 5.35. The number of nitrogens with two attached hydrogens (primary N) is 1. The van der Waals surface area contributed by atoms with Crippen LogP contribution in [0.1, 0.15) is 0 Å². The first-order chi connectivity index (χ1) is 12.0. The van der Waals surface area contributed by atoms with Crippen LogP contribution in [0.4, 0.5) is 17.2 Å². The molecule has 0 aliphatic carbocycles. The van der Waals surface area contributed by atoms with Gasteiger partial charge < -0.3 is 20.7 Å². The van der Waals surface area contributed by atoms with Crippen molar-refractivity contribution in [2.75, 3.05) is 38.3 Å². The van der Waals surface area contributed by atoms with E-state index in [1.54, 1.807) is 0 Å². The fourth-order valence-corrected chi connectivity index (χ4v) is 2.84. The van der Waals surface area contributed by atoms with Crippen LogP contribution in [0.2, 0.25) is 0 Å². The van der Waals surface area contributed by atoms with Gasteiger partial charge in [-0.2, -0.15) is 0 Å². The number of hydrogen-bond donors (Lipinski definition) is 2. The Bertz CT molecular complexity index is 884. The molecule has 0 unspecified atom stereocenters. The molecule has 0 saturated carbocycles. The number of ether oxygens (including phenoxy) is 1. The summed E-state index contributed by atoms with van der Waals surface area (Å²) in [6.45, 7) is 1.50. The number of likely N-dealkylation sites (N-methyl/N-ethyl adjacent to an activating group) is 1. The van der Waals surface area contributed by atoms with Gasteiger partial charge in [0.2, 0.25) is 0 Å². The number of nitrogens with zero attached hydrogens (tertiary/aromatic N) is 3. The second kappa shape index (κ2) is 7.67. The molecule has 7 heteroatoms. The maximum atomic E-state index is 5.89. The van der Waals surface area contributed by atoms with E-state index in [9.17, 15) is 0 Å². The molecular formula is C18H20BrN5O. The maximum Gasteiger partial charge on any atom is 0.141 e. The van der Waals surface area contributed by atoms with Crippen LogP contribution in [-0.2, 0) is 0 Å². The van der Waals surface area contributed by atoms with Crippen molar-refractivity contribution in [1.29, 1.82) is 0 Å². The molecule has 0 saturated heterocycles. The van der Waals surface area contributed by atoms with E-state index in [1.807, 2.05) is 50.5 Å². The standard InChI is InChI=1S/C18H20BrN5O/c1-24(2)7-8-25-17-6-4-13(10-15(17)19)23-18-14-9-12(20)3-5-16(14)21-11-22-18/h3-6,9-11H,7-8,20H2,1-2H3,(H,21,22,23). The quantitative estimate of drug-likeness (QED) is 0.613. The van der Waals surface area contributed by atoms with Crippen LogP contribution in [0, 0.1) is 0 Å². The first-order valence-electron chi connectivity index (χ1n) is 7.87. The summed E-state index contributed by atoms with van der Waals surface area (Å²) >= 11 is 3.56. The van der Waals surface area contributed by atoms with Gasteiger partial charge in [0.25, 0.3) is 0 Å². The predicted octanol–water partition coefficient (Wildman–Crippen LogP) is 3.66. The topological polar surface area (TPSA) is 76.3 Å². The average Bonchev–Trinajstić information content (AvgIpc) is 2.57. The van der Waals surface area contributed by atoms with Crippen molar-refractivity contribution in [2.24, 2.45) is 0 Å². The Morgan fingerprint density at radius 2 is 2.00 bits per heavy atom. The predicted molar refractivity (Wildman–Crippen MR) is 105 cm³/mol. The highest BCUT2D eigenvalue weighted by Crippen LogP contribution is 2.31. The lowest BCUT2D eigenvalue weighted by atomic mass is 10.2. The van der Waals surface area contributed by atoms with Crippen molar-refractivity contribution in [1.82, 2.24) is 14.9 Å². The van der Waals surface area contributed by atoms with Crippen LogP contribution in [-0.4, -0.2) is 42.1 Å². The van der Waals surface area contributed by atoms with Crippen molar-refractivity contribution in [2.45, 2.75) is 0 Å². The van der Waals surface area contributed by atoms with E-state index < -0.39 is 0 Å². The monoisotopic (exact) mass is 401 g/mol. The van der Waals surface area contributed by atoms with Crippen molar-refractivity contribution in [3.05, 3.63) is 47.2 Å². The van der Waals surface area contributed by atoms with Gasteiger partial charge in [-0.15, -0.1) is 0 Å². The van der Waals surface area contributed by atoms with Gasteiger partial charge in [0.05, 0.1) is 9.99 Å². The normalized spacial score (nSPS) is 11.0. The first-order valence-corrected chi connectivity index (χ1v) is 8.66. The van der Waals surface area contributed by atoms with Crippen LogP contribution in [0.25, 0.3) is 10.9 Å². The van der Waals surface area contributed by atoms with Crippen LogP contribution in [0.5, 0.6) is 5.75 Å². The van der Waals surface area contributed by atoms with Gasteiger partial charge in [-0.1, -0.05) is 0 Å². The lowest BCUT2D eigenvalue weighted by Crippen LogP contribution is -2.19. The lowest BCUT2D eigenvalue weighted by molar-refractivity contribution is 0.260. The number of hydrogen-bond acceptors (Lipinski definition) is 6. The highest BCUT2D eigenvalue weighted by Gasteiger charge is 2.07. The molecule has 1 heterocycles. The second-order valence-corrected chi connectivity index (χ2v) is 6.78. The smallest absolute Gasteiger partial charge is 0.141 e. The lowest BCUT2D eigenvalue weighted by Gasteiger charge is -2.14. The number of rotatable bonds is 6. The molecule has 3 rings (SSSR count). The molecular weight excluding hydrogens is 382 g/mol. The Labute approximate surface area is 155 Å². The van der Waals surface area contributed by atoms with Gasteiger partial charge in [-0.3, -0.25) is 0 Å². The largest absolute Gasteiger partial charge is 0.491 e. The van der Waals surface area contributed by atoms with E-state index in [4.69, 9.17) is 10.5 Å². The van der Waals surface area contributed by atoms with Crippen molar-refractivity contribution < 1.29 is 4.74 Å². The molecule has 0 amide bonds. The third-order valence-electron chi connectivity index (χ3n) is 3.65. The summed E-state index contributed by atoms with van der Waals surface area (Å²) in [4.78, 5) is 10.7.